The Morgan fingerprint density at radius 1 is 1.13 bits per heavy atom. The lowest BCUT2D eigenvalue weighted by molar-refractivity contribution is 0.0930. The molecule has 0 unspecified atom stereocenters. The highest BCUT2D eigenvalue weighted by atomic mass is 32.2. The van der Waals surface area contributed by atoms with Crippen molar-refractivity contribution in [2.24, 2.45) is 0 Å². The first kappa shape index (κ1) is 20.6. The molecule has 7 nitrogen and oxygen atoms in total. The number of nitrogens with one attached hydrogen (secondary N) is 1. The van der Waals surface area contributed by atoms with Crippen LogP contribution in [0, 0.1) is 6.92 Å². The molecule has 8 heteroatoms. The summed E-state index contributed by atoms with van der Waals surface area (Å²) < 4.78 is 1.57. The summed E-state index contributed by atoms with van der Waals surface area (Å²) in [4.78, 5) is 15.5. The van der Waals surface area contributed by atoms with Gasteiger partial charge in [-0.25, -0.2) is 4.68 Å². The summed E-state index contributed by atoms with van der Waals surface area (Å²) in [6.45, 7) is 7.15. The Kier molecular flexibility index (Phi) is 6.44. The molecule has 0 bridgehead atoms. The van der Waals surface area contributed by atoms with E-state index in [4.69, 9.17) is 0 Å². The van der Waals surface area contributed by atoms with E-state index in [1.54, 1.807) is 4.68 Å². The molecule has 0 spiro atoms. The lowest BCUT2D eigenvalue weighted by Gasteiger charge is -2.29. The number of carbonyl (C=O) groups excluding carboxylic acids is 1. The molecule has 0 radical (unpaired) electrons. The van der Waals surface area contributed by atoms with E-state index in [9.17, 15) is 4.79 Å². The van der Waals surface area contributed by atoms with Crippen LogP contribution in [0.5, 0.6) is 0 Å². The third kappa shape index (κ3) is 5.06. The quantitative estimate of drug-likeness (QED) is 0.658. The number of aromatic nitrogens is 4. The van der Waals surface area contributed by atoms with Crippen LogP contribution in [-0.2, 0) is 0 Å². The number of benzene rings is 2. The van der Waals surface area contributed by atoms with Crippen molar-refractivity contribution in [1.82, 2.24) is 30.4 Å². The van der Waals surface area contributed by atoms with Gasteiger partial charge in [-0.15, -0.1) is 5.10 Å². The average molecular weight is 423 g/mol. The number of thioether (sulfide) groups is 1. The smallest absolute Gasteiger partial charge is 0.251 e. The predicted octanol–water partition coefficient (Wildman–Crippen LogP) is 2.80. The molecule has 3 aromatic rings. The third-order valence-corrected chi connectivity index (χ3v) is 6.13. The fourth-order valence-corrected chi connectivity index (χ4v) is 4.57. The van der Waals surface area contributed by atoms with Crippen LogP contribution in [0.15, 0.2) is 48.8 Å². The van der Waals surface area contributed by atoms with Crippen LogP contribution in [0.2, 0.25) is 0 Å². The van der Waals surface area contributed by atoms with Crippen LogP contribution in [-0.4, -0.2) is 68.2 Å². The molecular weight excluding hydrogens is 396 g/mol. The zero-order valence-corrected chi connectivity index (χ0v) is 18.1. The number of hydrogen-bond donors (Lipinski definition) is 1. The van der Waals surface area contributed by atoms with Crippen LogP contribution in [0.25, 0.3) is 16.8 Å². The molecule has 4 rings (SSSR count). The van der Waals surface area contributed by atoms with Crippen LogP contribution in [0.3, 0.4) is 0 Å². The van der Waals surface area contributed by atoms with E-state index >= 15 is 0 Å². The van der Waals surface area contributed by atoms with Crippen molar-refractivity contribution in [3.8, 4) is 16.8 Å². The molecule has 1 aliphatic heterocycles. The summed E-state index contributed by atoms with van der Waals surface area (Å²) in [6, 6.07) is 14.1. The molecule has 30 heavy (non-hydrogen) atoms. The predicted molar refractivity (Wildman–Crippen MR) is 120 cm³/mol. The molecule has 1 N–H and O–H groups in total. The van der Waals surface area contributed by atoms with E-state index in [1.807, 2.05) is 30.0 Å². The second-order valence-corrected chi connectivity index (χ2v) is 8.90. The van der Waals surface area contributed by atoms with Crippen molar-refractivity contribution < 1.29 is 4.79 Å². The summed E-state index contributed by atoms with van der Waals surface area (Å²) in [7, 11) is 0. The first-order valence-electron chi connectivity index (χ1n) is 10.1. The van der Waals surface area contributed by atoms with Gasteiger partial charge in [-0.3, -0.25) is 9.69 Å². The van der Waals surface area contributed by atoms with Gasteiger partial charge in [0, 0.05) is 42.7 Å². The van der Waals surface area contributed by atoms with Gasteiger partial charge in [0.2, 0.25) is 0 Å². The van der Waals surface area contributed by atoms with Crippen LogP contribution >= 0.6 is 11.8 Å². The maximum Gasteiger partial charge on any atom is 0.251 e. The van der Waals surface area contributed by atoms with Gasteiger partial charge in [0.15, 0.2) is 0 Å². The molecule has 2 aromatic carbocycles. The Labute approximate surface area is 180 Å². The molecule has 1 aliphatic rings. The van der Waals surface area contributed by atoms with Crippen molar-refractivity contribution in [1.29, 1.82) is 0 Å². The van der Waals surface area contributed by atoms with E-state index in [-0.39, 0.29) is 11.9 Å². The van der Waals surface area contributed by atoms with E-state index < -0.39 is 0 Å². The molecule has 1 atom stereocenters. The number of rotatable bonds is 6. The molecule has 1 aromatic heterocycles. The largest absolute Gasteiger partial charge is 0.348 e. The van der Waals surface area contributed by atoms with Gasteiger partial charge in [-0.1, -0.05) is 29.8 Å². The lowest BCUT2D eigenvalue weighted by Crippen LogP contribution is -2.44. The number of aryl methyl sites for hydroxylation is 1. The minimum atomic E-state index is -0.0860. The van der Waals surface area contributed by atoms with E-state index in [0.29, 0.717) is 5.56 Å². The first-order chi connectivity index (χ1) is 14.6. The molecule has 0 aliphatic carbocycles. The van der Waals surface area contributed by atoms with Crippen molar-refractivity contribution in [3.63, 3.8) is 0 Å². The minimum Gasteiger partial charge on any atom is -0.348 e. The van der Waals surface area contributed by atoms with Gasteiger partial charge >= 0.3 is 0 Å². The highest BCUT2D eigenvalue weighted by molar-refractivity contribution is 7.99. The Morgan fingerprint density at radius 3 is 2.60 bits per heavy atom. The Balaban J connectivity index is 1.57. The van der Waals surface area contributed by atoms with Gasteiger partial charge in [-0.05, 0) is 53.6 Å². The number of tetrazole rings is 1. The average Bonchev–Trinajstić information content (AvgIpc) is 3.29. The fraction of sp³-hybridized carbons (Fsp3) is 0.364. The van der Waals surface area contributed by atoms with E-state index in [1.165, 1.54) is 11.9 Å². The molecule has 2 heterocycles. The molecule has 156 valence electrons. The number of carbonyl (C=O) groups is 1. The van der Waals surface area contributed by atoms with E-state index in [2.05, 4.69) is 63.9 Å². The molecule has 0 saturated carbocycles. The van der Waals surface area contributed by atoms with Gasteiger partial charge in [0.25, 0.3) is 5.91 Å². The zero-order valence-electron chi connectivity index (χ0n) is 17.3. The fourth-order valence-electron chi connectivity index (χ4n) is 3.59. The second-order valence-electron chi connectivity index (χ2n) is 7.68. The maximum absolute atomic E-state index is 13.1. The van der Waals surface area contributed by atoms with Crippen molar-refractivity contribution in [2.75, 3.05) is 31.1 Å². The molecule has 1 amide bonds. The Hall–Kier alpha value is -2.71. The molecule has 1 saturated heterocycles. The Bertz CT molecular complexity index is 983. The standard InChI is InChI=1S/C22H26N6OS/c1-16-3-5-18(6-4-16)19-11-20(13-21(12-19)28-15-23-25-26-28)22(29)24-17(2)14-27-7-9-30-10-8-27/h3-6,11-13,15,17H,7-10,14H2,1-2H3,(H,24,29)/t17-/m1/s1. The van der Waals surface area contributed by atoms with Crippen LogP contribution < -0.4 is 5.32 Å². The van der Waals surface area contributed by atoms with Gasteiger partial charge in [0.05, 0.1) is 5.69 Å². The SMILES string of the molecule is Cc1ccc(-c2cc(C(=O)N[C@H](C)CN3CCSCC3)cc(-n3cnnn3)c2)cc1. The van der Waals surface area contributed by atoms with Crippen molar-refractivity contribution in [3.05, 3.63) is 59.9 Å². The van der Waals surface area contributed by atoms with Crippen molar-refractivity contribution >= 4 is 17.7 Å². The summed E-state index contributed by atoms with van der Waals surface area (Å²) in [5.74, 6) is 2.24. The van der Waals surface area contributed by atoms with Crippen LogP contribution in [0.4, 0.5) is 0 Å². The summed E-state index contributed by atoms with van der Waals surface area (Å²) in [6.07, 6.45) is 1.53. The summed E-state index contributed by atoms with van der Waals surface area (Å²) >= 11 is 1.99. The normalized spacial score (nSPS) is 15.7. The van der Waals surface area contributed by atoms with Crippen molar-refractivity contribution in [2.45, 2.75) is 19.9 Å². The summed E-state index contributed by atoms with van der Waals surface area (Å²) in [5.41, 5.74) is 4.54. The monoisotopic (exact) mass is 422 g/mol. The lowest BCUT2D eigenvalue weighted by atomic mass is 10.0. The number of nitrogens with zero attached hydrogens (tertiary/aromatic N) is 5. The summed E-state index contributed by atoms with van der Waals surface area (Å²) in [5, 5.41) is 14.6. The highest BCUT2D eigenvalue weighted by Crippen LogP contribution is 2.24. The first-order valence-corrected chi connectivity index (χ1v) is 11.3. The van der Waals surface area contributed by atoms with Gasteiger partial charge in [0.1, 0.15) is 6.33 Å². The van der Waals surface area contributed by atoms with Crippen LogP contribution in [0.1, 0.15) is 22.8 Å². The second kappa shape index (κ2) is 9.40. The highest BCUT2D eigenvalue weighted by Gasteiger charge is 2.17. The van der Waals surface area contributed by atoms with Gasteiger partial charge in [-0.2, -0.15) is 11.8 Å². The number of amides is 1. The van der Waals surface area contributed by atoms with Gasteiger partial charge < -0.3 is 5.32 Å². The third-order valence-electron chi connectivity index (χ3n) is 5.19. The Morgan fingerprint density at radius 2 is 1.90 bits per heavy atom. The zero-order chi connectivity index (χ0) is 20.9. The molecular formula is C22H26N6OS. The van der Waals surface area contributed by atoms with E-state index in [0.717, 1.165) is 48.0 Å². The maximum atomic E-state index is 13.1. The minimum absolute atomic E-state index is 0.0696. The topological polar surface area (TPSA) is 75.9 Å². The number of hydrogen-bond acceptors (Lipinski definition) is 6. The molecule has 1 fully saturated rings.